The van der Waals surface area contributed by atoms with E-state index in [4.69, 9.17) is 0 Å². The van der Waals surface area contributed by atoms with Gasteiger partial charge in [0.05, 0.1) is 10.9 Å². The van der Waals surface area contributed by atoms with Gasteiger partial charge >= 0.3 is 0 Å². The van der Waals surface area contributed by atoms with Crippen molar-refractivity contribution in [2.45, 2.75) is 44.6 Å². The van der Waals surface area contributed by atoms with Crippen LogP contribution in [0.2, 0.25) is 0 Å². The quantitative estimate of drug-likeness (QED) is 0.831. The topological polar surface area (TPSA) is 37.4 Å². The summed E-state index contributed by atoms with van der Waals surface area (Å²) in [6, 6.07) is 9.65. The van der Waals surface area contributed by atoms with Crippen molar-refractivity contribution in [1.29, 1.82) is 0 Å². The first-order chi connectivity index (χ1) is 11.3. The second kappa shape index (κ2) is 6.30. The summed E-state index contributed by atoms with van der Waals surface area (Å²) in [7, 11) is -3.66. The SMILES string of the molecule is Cc1cc(C)c(S(=O)(=O)N2CCC[C@H]2c2ccccc2F)cc1C. The average molecular weight is 347 g/mol. The van der Waals surface area contributed by atoms with E-state index in [1.54, 1.807) is 24.3 Å². The van der Waals surface area contributed by atoms with Crippen LogP contribution >= 0.6 is 0 Å². The van der Waals surface area contributed by atoms with Crippen LogP contribution in [-0.4, -0.2) is 19.3 Å². The summed E-state index contributed by atoms with van der Waals surface area (Å²) in [5, 5.41) is 0. The van der Waals surface area contributed by atoms with Crippen molar-refractivity contribution in [3.05, 3.63) is 64.5 Å². The Kier molecular flexibility index (Phi) is 4.49. The minimum atomic E-state index is -3.66. The smallest absolute Gasteiger partial charge is 0.207 e. The molecule has 0 aliphatic carbocycles. The van der Waals surface area contributed by atoms with Gasteiger partial charge in [-0.05, 0) is 62.4 Å². The van der Waals surface area contributed by atoms with E-state index in [2.05, 4.69) is 0 Å². The highest BCUT2D eigenvalue weighted by Gasteiger charge is 2.38. The lowest BCUT2D eigenvalue weighted by atomic mass is 10.1. The van der Waals surface area contributed by atoms with Gasteiger partial charge in [-0.3, -0.25) is 0 Å². The van der Waals surface area contributed by atoms with E-state index in [0.29, 0.717) is 23.4 Å². The summed E-state index contributed by atoms with van der Waals surface area (Å²) >= 11 is 0. The monoisotopic (exact) mass is 347 g/mol. The minimum Gasteiger partial charge on any atom is -0.207 e. The van der Waals surface area contributed by atoms with Crippen LogP contribution in [0.25, 0.3) is 0 Å². The zero-order valence-electron chi connectivity index (χ0n) is 14.2. The molecule has 0 radical (unpaired) electrons. The molecule has 0 N–H and O–H groups in total. The number of hydrogen-bond acceptors (Lipinski definition) is 2. The fraction of sp³-hybridized carbons (Fsp3) is 0.368. The predicted molar refractivity (Wildman–Crippen MR) is 92.9 cm³/mol. The molecular weight excluding hydrogens is 325 g/mol. The van der Waals surface area contributed by atoms with Gasteiger partial charge in [0, 0.05) is 12.1 Å². The molecule has 24 heavy (non-hydrogen) atoms. The molecule has 0 unspecified atom stereocenters. The molecule has 2 aromatic rings. The maximum absolute atomic E-state index is 14.2. The molecule has 1 aliphatic heterocycles. The van der Waals surface area contributed by atoms with Crippen LogP contribution in [-0.2, 0) is 10.0 Å². The van der Waals surface area contributed by atoms with Gasteiger partial charge in [-0.2, -0.15) is 4.31 Å². The predicted octanol–water partition coefficient (Wildman–Crippen LogP) is 4.28. The van der Waals surface area contributed by atoms with Crippen LogP contribution in [0.5, 0.6) is 0 Å². The number of aryl methyl sites for hydroxylation is 3. The Morgan fingerprint density at radius 1 is 1.04 bits per heavy atom. The summed E-state index contributed by atoms with van der Waals surface area (Å²) in [5.74, 6) is -0.346. The maximum atomic E-state index is 14.2. The van der Waals surface area contributed by atoms with Gasteiger partial charge in [0.25, 0.3) is 0 Å². The van der Waals surface area contributed by atoms with E-state index < -0.39 is 16.1 Å². The lowest BCUT2D eigenvalue weighted by Crippen LogP contribution is -2.31. The summed E-state index contributed by atoms with van der Waals surface area (Å²) in [4.78, 5) is 0.328. The number of benzene rings is 2. The second-order valence-electron chi connectivity index (χ2n) is 6.50. The number of halogens is 1. The Morgan fingerprint density at radius 2 is 1.71 bits per heavy atom. The van der Waals surface area contributed by atoms with E-state index in [-0.39, 0.29) is 5.82 Å². The van der Waals surface area contributed by atoms with E-state index in [9.17, 15) is 12.8 Å². The van der Waals surface area contributed by atoms with Crippen LogP contribution < -0.4 is 0 Å². The van der Waals surface area contributed by atoms with Gasteiger partial charge in [-0.25, -0.2) is 12.8 Å². The molecule has 1 heterocycles. The first-order valence-electron chi connectivity index (χ1n) is 8.16. The molecule has 3 nitrogen and oxygen atoms in total. The lowest BCUT2D eigenvalue weighted by Gasteiger charge is -2.26. The molecule has 0 amide bonds. The van der Waals surface area contributed by atoms with Gasteiger partial charge in [-0.1, -0.05) is 24.3 Å². The normalized spacial score (nSPS) is 18.9. The average Bonchev–Trinajstić information content (AvgIpc) is 3.01. The van der Waals surface area contributed by atoms with Crippen molar-refractivity contribution in [2.24, 2.45) is 0 Å². The Balaban J connectivity index is 2.06. The summed E-state index contributed by atoms with van der Waals surface area (Å²) in [6.07, 6.45) is 1.38. The van der Waals surface area contributed by atoms with E-state index in [0.717, 1.165) is 23.1 Å². The highest BCUT2D eigenvalue weighted by molar-refractivity contribution is 7.89. The van der Waals surface area contributed by atoms with E-state index in [1.807, 2.05) is 26.8 Å². The summed E-state index contributed by atoms with van der Waals surface area (Å²) in [6.45, 7) is 6.12. The lowest BCUT2D eigenvalue weighted by molar-refractivity contribution is 0.386. The number of hydrogen-bond donors (Lipinski definition) is 0. The van der Waals surface area contributed by atoms with Crippen LogP contribution in [0.15, 0.2) is 41.3 Å². The van der Waals surface area contributed by atoms with Crippen LogP contribution in [0.3, 0.4) is 0 Å². The van der Waals surface area contributed by atoms with Crippen LogP contribution in [0.1, 0.15) is 41.1 Å². The molecule has 1 aliphatic rings. The van der Waals surface area contributed by atoms with Gasteiger partial charge in [0.15, 0.2) is 0 Å². The third-order valence-electron chi connectivity index (χ3n) is 4.85. The van der Waals surface area contributed by atoms with Crippen molar-refractivity contribution in [3.63, 3.8) is 0 Å². The Morgan fingerprint density at radius 3 is 2.42 bits per heavy atom. The third kappa shape index (κ3) is 2.87. The fourth-order valence-corrected chi connectivity index (χ4v) is 5.39. The third-order valence-corrected chi connectivity index (χ3v) is 6.90. The zero-order valence-corrected chi connectivity index (χ0v) is 15.0. The standard InChI is InChI=1S/C19H22FNO2S/c1-13-11-15(3)19(12-14(13)2)24(22,23)21-10-6-9-18(21)16-7-4-5-8-17(16)20/h4-5,7-8,11-12,18H,6,9-10H2,1-3H3/t18-/m0/s1. The molecule has 5 heteroatoms. The van der Waals surface area contributed by atoms with Gasteiger partial charge in [0.1, 0.15) is 5.82 Å². The molecule has 1 atom stereocenters. The Bertz CT molecular complexity index is 877. The van der Waals surface area contributed by atoms with Gasteiger partial charge in [0.2, 0.25) is 10.0 Å². The fourth-order valence-electron chi connectivity index (χ4n) is 3.42. The summed E-state index contributed by atoms with van der Waals surface area (Å²) in [5.41, 5.74) is 3.21. The molecule has 2 aromatic carbocycles. The molecule has 1 fully saturated rings. The van der Waals surface area contributed by atoms with Crippen molar-refractivity contribution in [1.82, 2.24) is 4.31 Å². The number of sulfonamides is 1. The molecule has 0 spiro atoms. The number of rotatable bonds is 3. The van der Waals surface area contributed by atoms with Crippen LogP contribution in [0.4, 0.5) is 4.39 Å². The highest BCUT2D eigenvalue weighted by atomic mass is 32.2. The molecule has 0 aromatic heterocycles. The first-order valence-corrected chi connectivity index (χ1v) is 9.60. The van der Waals surface area contributed by atoms with Gasteiger partial charge in [-0.15, -0.1) is 0 Å². The van der Waals surface area contributed by atoms with Crippen molar-refractivity contribution < 1.29 is 12.8 Å². The van der Waals surface area contributed by atoms with Crippen molar-refractivity contribution in [2.75, 3.05) is 6.54 Å². The largest absolute Gasteiger partial charge is 0.243 e. The molecule has 0 saturated carbocycles. The van der Waals surface area contributed by atoms with Crippen LogP contribution in [0, 0.1) is 26.6 Å². The molecule has 3 rings (SSSR count). The Labute approximate surface area is 143 Å². The highest BCUT2D eigenvalue weighted by Crippen LogP contribution is 2.38. The second-order valence-corrected chi connectivity index (χ2v) is 8.36. The molecular formula is C19H22FNO2S. The Hall–Kier alpha value is -1.72. The molecule has 0 bridgehead atoms. The minimum absolute atomic E-state index is 0.328. The van der Waals surface area contributed by atoms with E-state index in [1.165, 1.54) is 10.4 Å². The first kappa shape index (κ1) is 17.1. The summed E-state index contributed by atoms with van der Waals surface area (Å²) < 4.78 is 42.1. The maximum Gasteiger partial charge on any atom is 0.243 e. The molecule has 128 valence electrons. The van der Waals surface area contributed by atoms with Crippen molar-refractivity contribution in [3.8, 4) is 0 Å². The van der Waals surface area contributed by atoms with E-state index >= 15 is 0 Å². The number of nitrogens with zero attached hydrogens (tertiary/aromatic N) is 1. The molecule has 1 saturated heterocycles. The van der Waals surface area contributed by atoms with Gasteiger partial charge < -0.3 is 0 Å². The van der Waals surface area contributed by atoms with Crippen molar-refractivity contribution >= 4 is 10.0 Å². The zero-order chi connectivity index (χ0) is 17.5.